The molecule has 0 saturated carbocycles. The van der Waals surface area contributed by atoms with Gasteiger partial charge < -0.3 is 5.11 Å². The van der Waals surface area contributed by atoms with E-state index in [0.717, 1.165) is 9.88 Å². The van der Waals surface area contributed by atoms with Crippen molar-refractivity contribution in [2.75, 3.05) is 0 Å². The summed E-state index contributed by atoms with van der Waals surface area (Å²) in [5.41, 5.74) is 1.15. The number of hydrogen-bond donors (Lipinski definition) is 2. The van der Waals surface area contributed by atoms with Gasteiger partial charge in [0.05, 0.1) is 16.5 Å². The van der Waals surface area contributed by atoms with E-state index < -0.39 is 10.0 Å². The van der Waals surface area contributed by atoms with Crippen molar-refractivity contribution in [3.63, 3.8) is 0 Å². The zero-order valence-electron chi connectivity index (χ0n) is 11.6. The Morgan fingerprint density at radius 3 is 2.67 bits per heavy atom. The Kier molecular flexibility index (Phi) is 5.15. The lowest BCUT2D eigenvalue weighted by atomic mass is 10.2. The lowest BCUT2D eigenvalue weighted by Crippen LogP contribution is -2.24. The van der Waals surface area contributed by atoms with Gasteiger partial charge in [0.1, 0.15) is 0 Å². The topological polar surface area (TPSA) is 79.3 Å². The Labute approximate surface area is 136 Å². The average Bonchev–Trinajstić information content (AvgIpc) is 2.85. The summed E-state index contributed by atoms with van der Waals surface area (Å²) in [6.45, 7) is 3.58. The van der Waals surface area contributed by atoms with Gasteiger partial charge in [0.2, 0.25) is 10.0 Å². The Hall–Kier alpha value is -0.800. The van der Waals surface area contributed by atoms with Crippen LogP contribution in [-0.4, -0.2) is 18.5 Å². The molecule has 0 aliphatic carbocycles. The maximum atomic E-state index is 12.4. The van der Waals surface area contributed by atoms with E-state index in [1.807, 2.05) is 6.92 Å². The molecule has 1 aromatic carbocycles. The van der Waals surface area contributed by atoms with E-state index >= 15 is 0 Å². The van der Waals surface area contributed by atoms with Crippen molar-refractivity contribution in [2.24, 2.45) is 0 Å². The first-order valence-electron chi connectivity index (χ1n) is 6.14. The van der Waals surface area contributed by atoms with Crippen LogP contribution >= 0.6 is 27.3 Å². The Morgan fingerprint density at radius 2 is 2.10 bits per heavy atom. The fourth-order valence-electron chi connectivity index (χ4n) is 1.81. The Morgan fingerprint density at radius 1 is 1.38 bits per heavy atom. The molecule has 0 fully saturated rings. The van der Waals surface area contributed by atoms with E-state index in [9.17, 15) is 13.5 Å². The number of nitrogens with one attached hydrogen (secondary N) is 1. The maximum absolute atomic E-state index is 12.4. The number of halogens is 1. The van der Waals surface area contributed by atoms with Crippen molar-refractivity contribution in [3.8, 4) is 0 Å². The largest absolute Gasteiger partial charge is 0.392 e. The number of nitrogens with zero attached hydrogens (tertiary/aromatic N) is 1. The number of hydrogen-bond acceptors (Lipinski definition) is 5. The molecule has 5 nitrogen and oxygen atoms in total. The molecule has 2 aromatic rings. The van der Waals surface area contributed by atoms with E-state index in [2.05, 4.69) is 25.6 Å². The molecular weight excluding hydrogens is 376 g/mol. The van der Waals surface area contributed by atoms with E-state index in [1.165, 1.54) is 17.4 Å². The van der Waals surface area contributed by atoms with E-state index in [1.54, 1.807) is 19.2 Å². The number of aliphatic hydroxyl groups excluding tert-OH is 1. The lowest BCUT2D eigenvalue weighted by molar-refractivity contribution is 0.281. The highest BCUT2D eigenvalue weighted by Gasteiger charge is 2.19. The molecule has 0 amide bonds. The number of benzene rings is 1. The number of rotatable bonds is 5. The van der Waals surface area contributed by atoms with Gasteiger partial charge in [-0.3, -0.25) is 0 Å². The van der Waals surface area contributed by atoms with Crippen LogP contribution < -0.4 is 4.72 Å². The number of sulfonamides is 1. The van der Waals surface area contributed by atoms with Crippen molar-refractivity contribution in [2.45, 2.75) is 31.9 Å². The average molecular weight is 391 g/mol. The molecule has 0 atom stereocenters. The molecule has 0 aliphatic rings. The summed E-state index contributed by atoms with van der Waals surface area (Å²) in [4.78, 5) is 5.11. The molecule has 1 heterocycles. The standard InChI is InChI=1S/C13H15BrN2O3S2/c1-8-12(14)3-10(7-17)4-13(8)21(18,19)16-6-11-5-15-9(2)20-11/h3-5,16-17H,6-7H2,1-2H3. The first-order chi connectivity index (χ1) is 9.83. The van der Waals surface area contributed by atoms with Crippen LogP contribution in [0.4, 0.5) is 0 Å². The van der Waals surface area contributed by atoms with Crippen molar-refractivity contribution in [1.82, 2.24) is 9.71 Å². The van der Waals surface area contributed by atoms with Crippen LogP contribution in [0.3, 0.4) is 0 Å². The molecule has 0 saturated heterocycles. The summed E-state index contributed by atoms with van der Waals surface area (Å²) in [6.07, 6.45) is 1.66. The SMILES string of the molecule is Cc1ncc(CNS(=O)(=O)c2cc(CO)cc(Br)c2C)s1. The zero-order chi connectivity index (χ0) is 15.6. The Bertz CT molecular complexity index is 757. The van der Waals surface area contributed by atoms with Crippen molar-refractivity contribution in [3.05, 3.63) is 43.8 Å². The molecule has 0 unspecified atom stereocenters. The van der Waals surface area contributed by atoms with Crippen LogP contribution in [0.15, 0.2) is 27.7 Å². The predicted octanol–water partition coefficient (Wildman–Crippen LogP) is 2.49. The van der Waals surface area contributed by atoms with Crippen LogP contribution in [-0.2, 0) is 23.2 Å². The predicted molar refractivity (Wildman–Crippen MR) is 85.7 cm³/mol. The quantitative estimate of drug-likeness (QED) is 0.821. The summed E-state index contributed by atoms with van der Waals surface area (Å²) in [6, 6.07) is 3.20. The van der Waals surface area contributed by atoms with Gasteiger partial charge >= 0.3 is 0 Å². The van der Waals surface area contributed by atoms with Gasteiger partial charge in [0.25, 0.3) is 0 Å². The lowest BCUT2D eigenvalue weighted by Gasteiger charge is -2.11. The van der Waals surface area contributed by atoms with Crippen molar-refractivity contribution >= 4 is 37.3 Å². The third-order valence-electron chi connectivity index (χ3n) is 2.93. The second-order valence-electron chi connectivity index (χ2n) is 4.53. The molecule has 0 spiro atoms. The van der Waals surface area contributed by atoms with Crippen LogP contribution in [0.2, 0.25) is 0 Å². The Balaban J connectivity index is 2.29. The van der Waals surface area contributed by atoms with Crippen LogP contribution in [0.25, 0.3) is 0 Å². The van der Waals surface area contributed by atoms with Crippen LogP contribution in [0, 0.1) is 13.8 Å². The van der Waals surface area contributed by atoms with E-state index in [4.69, 9.17) is 0 Å². The van der Waals surface area contributed by atoms with Gasteiger partial charge in [-0.15, -0.1) is 11.3 Å². The molecule has 8 heteroatoms. The third kappa shape index (κ3) is 3.89. The number of thiazole rings is 1. The van der Waals surface area contributed by atoms with Crippen LogP contribution in [0.1, 0.15) is 21.0 Å². The van der Waals surface area contributed by atoms with Crippen molar-refractivity contribution < 1.29 is 13.5 Å². The number of aromatic nitrogens is 1. The molecule has 21 heavy (non-hydrogen) atoms. The highest BCUT2D eigenvalue weighted by atomic mass is 79.9. The van der Waals surface area contributed by atoms with Gasteiger partial charge in [0.15, 0.2) is 0 Å². The van der Waals surface area contributed by atoms with Gasteiger partial charge in [0, 0.05) is 22.1 Å². The summed E-state index contributed by atoms with van der Waals surface area (Å²) in [5, 5.41) is 10.1. The molecule has 114 valence electrons. The van der Waals surface area contributed by atoms with Gasteiger partial charge in [-0.25, -0.2) is 18.1 Å². The summed E-state index contributed by atoms with van der Waals surface area (Å²) < 4.78 is 28.1. The minimum absolute atomic E-state index is 0.169. The van der Waals surface area contributed by atoms with Crippen molar-refractivity contribution in [1.29, 1.82) is 0 Å². The fourth-order valence-corrected chi connectivity index (χ4v) is 4.59. The first-order valence-corrected chi connectivity index (χ1v) is 9.23. The fraction of sp³-hybridized carbons (Fsp3) is 0.308. The first kappa shape index (κ1) is 16.6. The summed E-state index contributed by atoms with van der Waals surface area (Å²) in [7, 11) is -3.65. The van der Waals surface area contributed by atoms with E-state index in [-0.39, 0.29) is 18.0 Å². The monoisotopic (exact) mass is 390 g/mol. The molecule has 0 radical (unpaired) electrons. The zero-order valence-corrected chi connectivity index (χ0v) is 14.8. The molecule has 0 aliphatic heterocycles. The number of aliphatic hydroxyl groups is 1. The minimum Gasteiger partial charge on any atom is -0.392 e. The van der Waals surface area contributed by atoms with Gasteiger partial charge in [-0.1, -0.05) is 15.9 Å². The van der Waals surface area contributed by atoms with Crippen LogP contribution in [0.5, 0.6) is 0 Å². The van der Waals surface area contributed by atoms with Gasteiger partial charge in [-0.05, 0) is 37.1 Å². The second kappa shape index (κ2) is 6.53. The smallest absolute Gasteiger partial charge is 0.241 e. The molecule has 0 bridgehead atoms. The normalized spacial score (nSPS) is 11.8. The highest BCUT2D eigenvalue weighted by Crippen LogP contribution is 2.26. The molecule has 2 rings (SSSR count). The van der Waals surface area contributed by atoms with Gasteiger partial charge in [-0.2, -0.15) is 0 Å². The molecule has 1 aromatic heterocycles. The molecule has 2 N–H and O–H groups in total. The highest BCUT2D eigenvalue weighted by molar-refractivity contribution is 9.10. The summed E-state index contributed by atoms with van der Waals surface area (Å²) >= 11 is 4.77. The maximum Gasteiger partial charge on any atom is 0.241 e. The van der Waals surface area contributed by atoms with E-state index in [0.29, 0.717) is 15.6 Å². The third-order valence-corrected chi connectivity index (χ3v) is 6.20. The number of aryl methyl sites for hydroxylation is 1. The summed E-state index contributed by atoms with van der Waals surface area (Å²) in [5.74, 6) is 0. The molecular formula is C13H15BrN2O3S2. The minimum atomic E-state index is -3.65. The second-order valence-corrected chi connectivity index (χ2v) is 8.44.